The van der Waals surface area contributed by atoms with E-state index in [-0.39, 0.29) is 25.0 Å². The van der Waals surface area contributed by atoms with Crippen molar-refractivity contribution in [1.29, 1.82) is 0 Å². The Kier molecular flexibility index (Phi) is 9.18. The zero-order chi connectivity index (χ0) is 20.4. The third-order valence-electron chi connectivity index (χ3n) is 5.38. The molecule has 154 valence electrons. The summed E-state index contributed by atoms with van der Waals surface area (Å²) >= 11 is 0. The van der Waals surface area contributed by atoms with Gasteiger partial charge in [0.05, 0.1) is 6.61 Å². The lowest BCUT2D eigenvalue weighted by Crippen LogP contribution is -2.35. The summed E-state index contributed by atoms with van der Waals surface area (Å²) in [5, 5.41) is 0. The van der Waals surface area contributed by atoms with E-state index < -0.39 is 17.8 Å². The lowest BCUT2D eigenvalue weighted by molar-refractivity contribution is -0.154. The molecule has 0 aliphatic carbocycles. The molecule has 1 fully saturated rings. The van der Waals surface area contributed by atoms with Crippen LogP contribution in [0.4, 0.5) is 0 Å². The van der Waals surface area contributed by atoms with Crippen LogP contribution in [0, 0.1) is 5.92 Å². The molecule has 5 heteroatoms. The molecule has 28 heavy (non-hydrogen) atoms. The van der Waals surface area contributed by atoms with Crippen molar-refractivity contribution in [3.05, 3.63) is 35.9 Å². The first-order valence-electron chi connectivity index (χ1n) is 10.7. The number of hydrogen-bond donors (Lipinski definition) is 0. The molecule has 1 aliphatic rings. The molecule has 2 amide bonds. The van der Waals surface area contributed by atoms with E-state index in [2.05, 4.69) is 6.92 Å². The molecule has 0 bridgehead atoms. The SMILES string of the molecule is CCCCCCCCCC(=O)N1C[C@@H](c2ccccc2)[C@@H](C(=O)OCC)C1=O. The van der Waals surface area contributed by atoms with Gasteiger partial charge in [0.15, 0.2) is 0 Å². The van der Waals surface area contributed by atoms with Crippen molar-refractivity contribution >= 4 is 17.8 Å². The van der Waals surface area contributed by atoms with Crippen LogP contribution in [0.1, 0.15) is 76.7 Å². The van der Waals surface area contributed by atoms with Gasteiger partial charge in [-0.15, -0.1) is 0 Å². The Morgan fingerprint density at radius 1 is 1.00 bits per heavy atom. The summed E-state index contributed by atoms with van der Waals surface area (Å²) in [7, 11) is 0. The average molecular weight is 388 g/mol. The Bertz CT molecular complexity index is 643. The van der Waals surface area contributed by atoms with Crippen LogP contribution in [0.2, 0.25) is 0 Å². The van der Waals surface area contributed by atoms with Crippen molar-refractivity contribution < 1.29 is 19.1 Å². The van der Waals surface area contributed by atoms with Crippen molar-refractivity contribution in [2.45, 2.75) is 71.1 Å². The Labute approximate surface area is 168 Å². The Hall–Kier alpha value is -2.17. The van der Waals surface area contributed by atoms with E-state index in [1.165, 1.54) is 30.6 Å². The Balaban J connectivity index is 1.96. The Morgan fingerprint density at radius 3 is 2.29 bits per heavy atom. The van der Waals surface area contributed by atoms with Gasteiger partial charge in [-0.25, -0.2) is 0 Å². The quantitative estimate of drug-likeness (QED) is 0.319. The summed E-state index contributed by atoms with van der Waals surface area (Å²) in [6.07, 6.45) is 8.20. The maximum atomic E-state index is 12.9. The standard InChI is InChI=1S/C23H33NO4/c1-3-5-6-7-8-9-13-16-20(25)24-17-19(18-14-11-10-12-15-18)21(22(24)26)23(27)28-4-2/h10-12,14-15,19,21H,3-9,13,16-17H2,1-2H3/t19-,21+/m0/s1. The van der Waals surface area contributed by atoms with Crippen LogP contribution < -0.4 is 0 Å². The molecule has 0 unspecified atom stereocenters. The molecule has 1 aromatic carbocycles. The minimum Gasteiger partial charge on any atom is -0.465 e. The van der Waals surface area contributed by atoms with Crippen molar-refractivity contribution in [2.24, 2.45) is 5.92 Å². The first-order valence-corrected chi connectivity index (χ1v) is 10.7. The van der Waals surface area contributed by atoms with Crippen molar-refractivity contribution in [3.63, 3.8) is 0 Å². The van der Waals surface area contributed by atoms with Gasteiger partial charge >= 0.3 is 5.97 Å². The number of ether oxygens (including phenoxy) is 1. The van der Waals surface area contributed by atoms with Gasteiger partial charge in [-0.05, 0) is 18.9 Å². The number of carbonyl (C=O) groups is 3. The fourth-order valence-electron chi connectivity index (χ4n) is 3.82. The van der Waals surface area contributed by atoms with Gasteiger partial charge in [-0.2, -0.15) is 0 Å². The molecule has 1 heterocycles. The van der Waals surface area contributed by atoms with Crippen LogP contribution in [0.25, 0.3) is 0 Å². The molecule has 1 saturated heterocycles. The van der Waals surface area contributed by atoms with E-state index in [1.807, 2.05) is 30.3 Å². The van der Waals surface area contributed by atoms with Crippen LogP contribution in [-0.4, -0.2) is 35.8 Å². The van der Waals surface area contributed by atoms with Gasteiger partial charge < -0.3 is 4.74 Å². The second kappa shape index (κ2) is 11.6. The molecule has 5 nitrogen and oxygen atoms in total. The number of amides is 2. The highest BCUT2D eigenvalue weighted by molar-refractivity contribution is 6.07. The first kappa shape index (κ1) is 22.1. The number of hydrogen-bond acceptors (Lipinski definition) is 4. The zero-order valence-electron chi connectivity index (χ0n) is 17.2. The van der Waals surface area contributed by atoms with E-state index in [0.717, 1.165) is 24.8 Å². The molecule has 1 aromatic rings. The van der Waals surface area contributed by atoms with Gasteiger partial charge in [0.25, 0.3) is 0 Å². The van der Waals surface area contributed by atoms with Crippen LogP contribution in [0.5, 0.6) is 0 Å². The molecule has 0 saturated carbocycles. The lowest BCUT2D eigenvalue weighted by atomic mass is 9.89. The maximum absolute atomic E-state index is 12.9. The van der Waals surface area contributed by atoms with E-state index >= 15 is 0 Å². The summed E-state index contributed by atoms with van der Waals surface area (Å²) in [6, 6.07) is 9.45. The third kappa shape index (κ3) is 5.91. The minimum atomic E-state index is -0.930. The van der Waals surface area contributed by atoms with Gasteiger partial charge in [0.2, 0.25) is 11.8 Å². The third-order valence-corrected chi connectivity index (χ3v) is 5.38. The van der Waals surface area contributed by atoms with Crippen LogP contribution in [-0.2, 0) is 19.1 Å². The van der Waals surface area contributed by atoms with E-state index in [9.17, 15) is 14.4 Å². The second-order valence-electron chi connectivity index (χ2n) is 7.46. The lowest BCUT2D eigenvalue weighted by Gasteiger charge is -2.15. The van der Waals surface area contributed by atoms with E-state index in [0.29, 0.717) is 6.42 Å². The minimum absolute atomic E-state index is 0.175. The fraction of sp³-hybridized carbons (Fsp3) is 0.609. The molecule has 0 aromatic heterocycles. The predicted molar refractivity (Wildman–Crippen MR) is 109 cm³/mol. The first-order chi connectivity index (χ1) is 13.6. The molecular weight excluding hydrogens is 354 g/mol. The summed E-state index contributed by atoms with van der Waals surface area (Å²) in [5.41, 5.74) is 0.889. The molecule has 1 aliphatic heterocycles. The number of rotatable bonds is 11. The molecular formula is C23H33NO4. The van der Waals surface area contributed by atoms with Gasteiger partial charge in [-0.1, -0.05) is 75.8 Å². The normalized spacial score (nSPS) is 19.1. The highest BCUT2D eigenvalue weighted by Gasteiger charge is 2.48. The van der Waals surface area contributed by atoms with E-state index in [1.54, 1.807) is 6.92 Å². The molecule has 2 atom stereocenters. The van der Waals surface area contributed by atoms with E-state index in [4.69, 9.17) is 4.74 Å². The molecule has 0 spiro atoms. The summed E-state index contributed by atoms with van der Waals surface area (Å²) in [6.45, 7) is 4.38. The van der Waals surface area contributed by atoms with Crippen LogP contribution >= 0.6 is 0 Å². The summed E-state index contributed by atoms with van der Waals surface area (Å²) in [4.78, 5) is 39.2. The predicted octanol–water partition coefficient (Wildman–Crippen LogP) is 4.46. The number of benzene rings is 1. The zero-order valence-corrected chi connectivity index (χ0v) is 17.2. The van der Waals surface area contributed by atoms with Crippen LogP contribution in [0.3, 0.4) is 0 Å². The number of nitrogens with zero attached hydrogens (tertiary/aromatic N) is 1. The average Bonchev–Trinajstić information content (AvgIpc) is 3.05. The second-order valence-corrected chi connectivity index (χ2v) is 7.46. The van der Waals surface area contributed by atoms with Gasteiger partial charge in [-0.3, -0.25) is 19.3 Å². The van der Waals surface area contributed by atoms with Crippen molar-refractivity contribution in [3.8, 4) is 0 Å². The van der Waals surface area contributed by atoms with Gasteiger partial charge in [0.1, 0.15) is 5.92 Å². The largest absolute Gasteiger partial charge is 0.465 e. The number of esters is 1. The summed E-state index contributed by atoms with van der Waals surface area (Å²) in [5.74, 6) is -2.40. The molecule has 0 N–H and O–H groups in total. The number of carbonyl (C=O) groups excluding carboxylic acids is 3. The molecule has 0 radical (unpaired) electrons. The number of unbranched alkanes of at least 4 members (excludes halogenated alkanes) is 6. The highest BCUT2D eigenvalue weighted by Crippen LogP contribution is 2.35. The highest BCUT2D eigenvalue weighted by atomic mass is 16.5. The maximum Gasteiger partial charge on any atom is 0.319 e. The van der Waals surface area contributed by atoms with Crippen LogP contribution in [0.15, 0.2) is 30.3 Å². The fourth-order valence-corrected chi connectivity index (χ4v) is 3.82. The Morgan fingerprint density at radius 2 is 1.64 bits per heavy atom. The number of imide groups is 1. The smallest absolute Gasteiger partial charge is 0.319 e. The molecule has 2 rings (SSSR count). The topological polar surface area (TPSA) is 63.7 Å². The van der Waals surface area contributed by atoms with Crippen molar-refractivity contribution in [1.82, 2.24) is 4.90 Å². The van der Waals surface area contributed by atoms with Crippen molar-refractivity contribution in [2.75, 3.05) is 13.2 Å². The number of likely N-dealkylation sites (tertiary alicyclic amines) is 1. The van der Waals surface area contributed by atoms with Gasteiger partial charge in [0, 0.05) is 18.9 Å². The monoisotopic (exact) mass is 387 g/mol. The summed E-state index contributed by atoms with van der Waals surface area (Å²) < 4.78 is 5.12.